The van der Waals surface area contributed by atoms with Crippen molar-refractivity contribution < 1.29 is 9.53 Å². The van der Waals surface area contributed by atoms with Crippen LogP contribution >= 0.6 is 11.3 Å². The first-order chi connectivity index (χ1) is 12.6. The maximum Gasteiger partial charge on any atom is 0.194 e. The van der Waals surface area contributed by atoms with Gasteiger partial charge in [0.1, 0.15) is 17.4 Å². The number of benzene rings is 2. The molecule has 1 heterocycles. The Bertz CT molecular complexity index is 955. The van der Waals surface area contributed by atoms with E-state index in [1.54, 1.807) is 6.07 Å². The fourth-order valence-corrected chi connectivity index (χ4v) is 3.38. The lowest BCUT2D eigenvalue weighted by atomic mass is 10.1. The fourth-order valence-electron chi connectivity index (χ4n) is 2.48. The van der Waals surface area contributed by atoms with E-state index in [1.165, 1.54) is 16.9 Å². The van der Waals surface area contributed by atoms with Gasteiger partial charge >= 0.3 is 0 Å². The summed E-state index contributed by atoms with van der Waals surface area (Å²) in [5.41, 5.74) is 3.97. The van der Waals surface area contributed by atoms with Gasteiger partial charge in [-0.3, -0.25) is 4.79 Å². The average Bonchev–Trinajstić information content (AvgIpc) is 3.11. The first-order valence-corrected chi connectivity index (χ1v) is 9.09. The first kappa shape index (κ1) is 17.8. The normalized spacial score (nSPS) is 11.6. The van der Waals surface area contributed by atoms with Gasteiger partial charge in [0, 0.05) is 10.9 Å². The number of thiazole rings is 1. The lowest BCUT2D eigenvalue weighted by Gasteiger charge is -2.08. The van der Waals surface area contributed by atoms with Gasteiger partial charge in [0.25, 0.3) is 0 Å². The SMILES string of the molecule is Cc1ccc(-c2csc(C(C#N)C(=O)COc3cccc(C)c3)n2)cc1. The number of hydrogen-bond acceptors (Lipinski definition) is 5. The quantitative estimate of drug-likeness (QED) is 0.638. The maximum absolute atomic E-state index is 12.4. The number of aryl methyl sites for hydroxylation is 2. The summed E-state index contributed by atoms with van der Waals surface area (Å²) in [5, 5.41) is 11.8. The number of carbonyl (C=O) groups is 1. The molecule has 26 heavy (non-hydrogen) atoms. The average molecular weight is 362 g/mol. The van der Waals surface area contributed by atoms with Crippen molar-refractivity contribution in [2.75, 3.05) is 6.61 Å². The van der Waals surface area contributed by atoms with E-state index in [0.29, 0.717) is 10.8 Å². The summed E-state index contributed by atoms with van der Waals surface area (Å²) in [4.78, 5) is 16.9. The molecule has 1 atom stereocenters. The second-order valence-electron chi connectivity index (χ2n) is 6.07. The molecule has 4 nitrogen and oxygen atoms in total. The summed E-state index contributed by atoms with van der Waals surface area (Å²) in [6.07, 6.45) is 0. The number of ketones is 1. The van der Waals surface area contributed by atoms with E-state index >= 15 is 0 Å². The molecule has 0 fully saturated rings. The van der Waals surface area contributed by atoms with Crippen LogP contribution in [-0.4, -0.2) is 17.4 Å². The molecule has 0 radical (unpaired) electrons. The Kier molecular flexibility index (Phi) is 5.45. The van der Waals surface area contributed by atoms with Gasteiger partial charge < -0.3 is 4.74 Å². The maximum atomic E-state index is 12.4. The molecule has 0 bridgehead atoms. The number of hydrogen-bond donors (Lipinski definition) is 0. The Morgan fingerprint density at radius 3 is 2.65 bits per heavy atom. The van der Waals surface area contributed by atoms with Gasteiger partial charge in [0.15, 0.2) is 11.7 Å². The monoisotopic (exact) mass is 362 g/mol. The summed E-state index contributed by atoms with van der Waals surface area (Å²) in [7, 11) is 0. The van der Waals surface area contributed by atoms with Crippen LogP contribution in [0.4, 0.5) is 0 Å². The van der Waals surface area contributed by atoms with E-state index in [4.69, 9.17) is 4.74 Å². The minimum Gasteiger partial charge on any atom is -0.486 e. The van der Waals surface area contributed by atoms with Gasteiger partial charge in [-0.2, -0.15) is 5.26 Å². The van der Waals surface area contributed by atoms with Crippen molar-refractivity contribution in [2.45, 2.75) is 19.8 Å². The molecule has 0 saturated carbocycles. The van der Waals surface area contributed by atoms with Crippen molar-refractivity contribution in [3.05, 3.63) is 70.0 Å². The highest BCUT2D eigenvalue weighted by atomic mass is 32.1. The van der Waals surface area contributed by atoms with Crippen molar-refractivity contribution in [2.24, 2.45) is 0 Å². The van der Waals surface area contributed by atoms with Crippen LogP contribution in [0.15, 0.2) is 53.9 Å². The summed E-state index contributed by atoms with van der Waals surface area (Å²) >= 11 is 1.32. The molecule has 0 N–H and O–H groups in total. The zero-order chi connectivity index (χ0) is 18.5. The molecule has 3 aromatic rings. The van der Waals surface area contributed by atoms with Crippen LogP contribution in [0, 0.1) is 25.2 Å². The van der Waals surface area contributed by atoms with Gasteiger partial charge in [0.2, 0.25) is 0 Å². The largest absolute Gasteiger partial charge is 0.486 e. The Morgan fingerprint density at radius 2 is 1.96 bits per heavy atom. The van der Waals surface area contributed by atoms with E-state index in [9.17, 15) is 10.1 Å². The van der Waals surface area contributed by atoms with E-state index in [2.05, 4.69) is 11.1 Å². The number of aromatic nitrogens is 1. The van der Waals surface area contributed by atoms with Crippen LogP contribution in [0.1, 0.15) is 22.1 Å². The predicted octanol–water partition coefficient (Wildman–Crippen LogP) is 4.68. The number of carbonyl (C=O) groups excluding carboxylic acids is 1. The second kappa shape index (κ2) is 7.94. The van der Waals surface area contributed by atoms with Gasteiger partial charge in [-0.05, 0) is 31.5 Å². The summed E-state index contributed by atoms with van der Waals surface area (Å²) in [6, 6.07) is 17.5. The fraction of sp³-hybridized carbons (Fsp3) is 0.190. The third-order valence-corrected chi connectivity index (χ3v) is 4.85. The van der Waals surface area contributed by atoms with Gasteiger partial charge in [-0.25, -0.2) is 4.98 Å². The van der Waals surface area contributed by atoms with Crippen molar-refractivity contribution in [1.82, 2.24) is 4.98 Å². The number of nitriles is 1. The number of Topliss-reactive ketones (excluding diaryl/α,β-unsaturated/α-hetero) is 1. The molecule has 130 valence electrons. The lowest BCUT2D eigenvalue weighted by Crippen LogP contribution is -2.19. The molecular weight excluding hydrogens is 344 g/mol. The zero-order valence-corrected chi connectivity index (χ0v) is 15.4. The predicted molar refractivity (Wildman–Crippen MR) is 102 cm³/mol. The topological polar surface area (TPSA) is 63.0 Å². The molecule has 3 rings (SSSR count). The second-order valence-corrected chi connectivity index (χ2v) is 6.96. The molecule has 0 spiro atoms. The van der Waals surface area contributed by atoms with E-state index in [1.807, 2.05) is 61.7 Å². The highest BCUT2D eigenvalue weighted by Crippen LogP contribution is 2.27. The highest BCUT2D eigenvalue weighted by molar-refractivity contribution is 7.10. The zero-order valence-electron chi connectivity index (χ0n) is 14.6. The van der Waals surface area contributed by atoms with Crippen molar-refractivity contribution in [3.63, 3.8) is 0 Å². The lowest BCUT2D eigenvalue weighted by molar-refractivity contribution is -0.121. The summed E-state index contributed by atoms with van der Waals surface area (Å²) in [6.45, 7) is 3.82. The molecular formula is C21H18N2O2S. The van der Waals surface area contributed by atoms with Crippen molar-refractivity contribution in [1.29, 1.82) is 5.26 Å². The Balaban J connectivity index is 1.71. The van der Waals surface area contributed by atoms with E-state index < -0.39 is 5.92 Å². The minimum absolute atomic E-state index is 0.152. The van der Waals surface area contributed by atoms with Crippen LogP contribution in [0.3, 0.4) is 0 Å². The molecule has 0 saturated heterocycles. The van der Waals surface area contributed by atoms with Crippen LogP contribution in [0.2, 0.25) is 0 Å². The first-order valence-electron chi connectivity index (χ1n) is 8.21. The van der Waals surface area contributed by atoms with Crippen LogP contribution < -0.4 is 4.74 Å². The molecule has 0 aliphatic rings. The standard InChI is InChI=1S/C21H18N2O2S/c1-14-6-8-16(9-7-14)19-13-26-21(23-19)18(11-22)20(24)12-25-17-5-3-4-15(2)10-17/h3-10,13,18H,12H2,1-2H3. The van der Waals surface area contributed by atoms with Crippen LogP contribution in [0.5, 0.6) is 5.75 Å². The molecule has 5 heteroatoms. The third-order valence-electron chi connectivity index (χ3n) is 3.94. The van der Waals surface area contributed by atoms with Gasteiger partial charge in [0.05, 0.1) is 11.8 Å². The van der Waals surface area contributed by atoms with Gasteiger partial charge in [-0.1, -0.05) is 42.0 Å². The summed E-state index contributed by atoms with van der Waals surface area (Å²) < 4.78 is 5.53. The Labute approximate surface area is 156 Å². The number of ether oxygens (including phenoxy) is 1. The van der Waals surface area contributed by atoms with Crippen molar-refractivity contribution >= 4 is 17.1 Å². The molecule has 1 aromatic heterocycles. The Morgan fingerprint density at radius 1 is 1.19 bits per heavy atom. The number of rotatable bonds is 6. The van der Waals surface area contributed by atoms with Crippen LogP contribution in [-0.2, 0) is 4.79 Å². The van der Waals surface area contributed by atoms with Gasteiger partial charge in [-0.15, -0.1) is 11.3 Å². The minimum atomic E-state index is -0.913. The highest BCUT2D eigenvalue weighted by Gasteiger charge is 2.24. The molecule has 0 amide bonds. The third kappa shape index (κ3) is 4.16. The van der Waals surface area contributed by atoms with Crippen LogP contribution in [0.25, 0.3) is 11.3 Å². The smallest absolute Gasteiger partial charge is 0.194 e. The van der Waals surface area contributed by atoms with E-state index in [-0.39, 0.29) is 12.4 Å². The molecule has 1 unspecified atom stereocenters. The molecule has 0 aliphatic carbocycles. The molecule has 2 aromatic carbocycles. The molecule has 0 aliphatic heterocycles. The number of nitrogens with zero attached hydrogens (tertiary/aromatic N) is 2. The van der Waals surface area contributed by atoms with Crippen molar-refractivity contribution in [3.8, 4) is 23.1 Å². The summed E-state index contributed by atoms with van der Waals surface area (Å²) in [5.74, 6) is -0.586. The van der Waals surface area contributed by atoms with E-state index in [0.717, 1.165) is 16.8 Å². The Hall–Kier alpha value is -2.97.